The lowest BCUT2D eigenvalue weighted by atomic mass is 10.1. The monoisotopic (exact) mass is 464 g/mol. The Morgan fingerprint density at radius 3 is 2.24 bits per heavy atom. The van der Waals surface area contributed by atoms with Gasteiger partial charge in [0.1, 0.15) is 30.2 Å². The molecule has 15 nitrogen and oxygen atoms in total. The fourth-order valence-electron chi connectivity index (χ4n) is 3.72. The van der Waals surface area contributed by atoms with Crippen LogP contribution in [0.2, 0.25) is 0 Å². The molecule has 2 aromatic rings. The van der Waals surface area contributed by atoms with Crippen molar-refractivity contribution in [3.63, 3.8) is 0 Å². The second kappa shape index (κ2) is 11.0. The van der Waals surface area contributed by atoms with Gasteiger partial charge in [-0.3, -0.25) is 14.6 Å². The van der Waals surface area contributed by atoms with E-state index in [4.69, 9.17) is 33.4 Å². The smallest absolute Gasteiger partial charge is 0.185 e. The van der Waals surface area contributed by atoms with Crippen molar-refractivity contribution in [1.29, 1.82) is 0 Å². The van der Waals surface area contributed by atoms with Gasteiger partial charge in [0.25, 0.3) is 0 Å². The summed E-state index contributed by atoms with van der Waals surface area (Å²) in [6.07, 6.45) is 0.302. The molecule has 0 aromatic carbocycles. The van der Waals surface area contributed by atoms with Crippen LogP contribution in [-0.2, 0) is 4.74 Å². The number of imidazole rings is 1. The Kier molecular flexibility index (Phi) is 8.16. The van der Waals surface area contributed by atoms with E-state index in [1.807, 2.05) is 0 Å². The number of nitrogens with two attached hydrogens (primary N) is 5. The molecule has 12 N–H and O–H groups in total. The van der Waals surface area contributed by atoms with Crippen LogP contribution in [0.25, 0.3) is 11.2 Å². The van der Waals surface area contributed by atoms with Gasteiger partial charge in [-0.2, -0.15) is 0 Å². The number of nitrogens with zero attached hydrogens (tertiary/aromatic N) is 7. The molecule has 2 aromatic heterocycles. The maximum absolute atomic E-state index is 10.7. The van der Waals surface area contributed by atoms with E-state index < -0.39 is 24.5 Å². The van der Waals surface area contributed by atoms with E-state index in [-0.39, 0.29) is 17.7 Å². The molecular formula is C18H32N12O3. The Balaban J connectivity index is 1.68. The van der Waals surface area contributed by atoms with Crippen molar-refractivity contribution in [1.82, 2.24) is 24.4 Å². The molecule has 1 fully saturated rings. The highest BCUT2D eigenvalue weighted by Gasteiger charge is 2.44. The molecule has 1 aliphatic heterocycles. The van der Waals surface area contributed by atoms with Crippen molar-refractivity contribution in [2.45, 2.75) is 37.4 Å². The van der Waals surface area contributed by atoms with Gasteiger partial charge in [-0.25, -0.2) is 15.0 Å². The lowest BCUT2D eigenvalue weighted by Gasteiger charge is -2.26. The lowest BCUT2D eigenvalue weighted by molar-refractivity contribution is -0.0442. The normalized spacial score (nSPS) is 22.6. The summed E-state index contributed by atoms with van der Waals surface area (Å²) >= 11 is 0. The number of hydrogen-bond acceptors (Lipinski definition) is 10. The number of guanidine groups is 2. The number of ether oxygens (including phenoxy) is 1. The summed E-state index contributed by atoms with van der Waals surface area (Å²) in [5.41, 5.74) is 28.2. The number of aliphatic hydroxyl groups is 2. The third-order valence-electron chi connectivity index (χ3n) is 5.29. The van der Waals surface area contributed by atoms with Gasteiger partial charge in [0, 0.05) is 32.7 Å². The fraction of sp³-hybridized carbons (Fsp3) is 0.611. The van der Waals surface area contributed by atoms with Gasteiger partial charge in [0.2, 0.25) is 0 Å². The number of aromatic nitrogens is 4. The number of fused-ring (bicyclic) bond motifs is 1. The first kappa shape index (κ1) is 24.4. The first-order valence-corrected chi connectivity index (χ1v) is 10.6. The van der Waals surface area contributed by atoms with Crippen LogP contribution in [0.3, 0.4) is 0 Å². The predicted octanol–water partition coefficient (Wildman–Crippen LogP) is -3.34. The van der Waals surface area contributed by atoms with Crippen LogP contribution in [0, 0.1) is 0 Å². The molecule has 0 spiro atoms. The summed E-state index contributed by atoms with van der Waals surface area (Å²) in [5, 5.41) is 21.4. The van der Waals surface area contributed by atoms with E-state index >= 15 is 0 Å². The second-order valence-electron chi connectivity index (χ2n) is 7.75. The molecule has 3 heterocycles. The third kappa shape index (κ3) is 6.16. The summed E-state index contributed by atoms with van der Waals surface area (Å²) < 4.78 is 7.59. The number of hydrogen-bond donors (Lipinski definition) is 7. The van der Waals surface area contributed by atoms with Crippen molar-refractivity contribution >= 4 is 28.9 Å². The predicted molar refractivity (Wildman–Crippen MR) is 123 cm³/mol. The zero-order chi connectivity index (χ0) is 24.0. The summed E-state index contributed by atoms with van der Waals surface area (Å²) in [6, 6.07) is 0. The van der Waals surface area contributed by atoms with E-state index in [1.54, 1.807) is 4.57 Å². The number of aliphatic imine (C=N–C) groups is 2. The highest BCUT2D eigenvalue weighted by molar-refractivity contribution is 5.81. The Hall–Kier alpha value is -3.27. The Morgan fingerprint density at radius 2 is 1.64 bits per heavy atom. The highest BCUT2D eigenvalue weighted by Crippen LogP contribution is 2.32. The minimum atomic E-state index is -1.19. The minimum absolute atomic E-state index is 0.0341. The molecule has 0 bridgehead atoms. The molecule has 0 saturated carbocycles. The molecule has 15 heteroatoms. The molecule has 0 unspecified atom stereocenters. The van der Waals surface area contributed by atoms with Gasteiger partial charge < -0.3 is 48.5 Å². The quantitative estimate of drug-likeness (QED) is 0.0978. The molecule has 0 radical (unpaired) electrons. The lowest BCUT2D eigenvalue weighted by Crippen LogP contribution is -2.41. The van der Waals surface area contributed by atoms with Crippen molar-refractivity contribution in [2.75, 3.05) is 38.5 Å². The van der Waals surface area contributed by atoms with E-state index in [1.165, 1.54) is 12.7 Å². The summed E-state index contributed by atoms with van der Waals surface area (Å²) in [6.45, 7) is 2.58. The molecule has 182 valence electrons. The van der Waals surface area contributed by atoms with Crippen molar-refractivity contribution in [2.24, 2.45) is 32.9 Å². The van der Waals surface area contributed by atoms with Gasteiger partial charge in [-0.05, 0) is 12.8 Å². The standard InChI is InChI=1S/C18H32N12O3/c19-14-11-15(27-8-26-14)30(9-28-11)16-13(32)12(31)10(33-16)7-29(5-1-3-24-17(20)21)6-2-4-25-18(22)23/h8-10,12-13,16,31-32H,1-7H2,(H2,19,26,27)(H4,20,21,24)(H4,22,23,25)/t10-,12-,13-,16-/m1/s1. The van der Waals surface area contributed by atoms with Gasteiger partial charge in [0.15, 0.2) is 29.6 Å². The molecule has 0 amide bonds. The maximum Gasteiger partial charge on any atom is 0.185 e. The Bertz CT molecular complexity index is 948. The SMILES string of the molecule is NC(N)=NCCCN(CCCN=C(N)N)C[C@H]1O[C@@H](n2cnc3c(N)ncnc32)[C@H](O)[C@@H]1O. The first-order chi connectivity index (χ1) is 15.8. The van der Waals surface area contributed by atoms with Crippen LogP contribution in [0.4, 0.5) is 5.82 Å². The maximum atomic E-state index is 10.7. The van der Waals surface area contributed by atoms with Crippen molar-refractivity contribution in [3.05, 3.63) is 12.7 Å². The largest absolute Gasteiger partial charge is 0.387 e. The molecular weight excluding hydrogens is 432 g/mol. The van der Waals surface area contributed by atoms with Crippen molar-refractivity contribution in [3.8, 4) is 0 Å². The van der Waals surface area contributed by atoms with Crippen LogP contribution in [0.15, 0.2) is 22.6 Å². The fourth-order valence-corrected chi connectivity index (χ4v) is 3.72. The zero-order valence-electron chi connectivity index (χ0n) is 18.2. The third-order valence-corrected chi connectivity index (χ3v) is 5.29. The second-order valence-corrected chi connectivity index (χ2v) is 7.75. The summed E-state index contributed by atoms with van der Waals surface area (Å²) in [7, 11) is 0. The van der Waals surface area contributed by atoms with Crippen LogP contribution >= 0.6 is 0 Å². The van der Waals surface area contributed by atoms with E-state index in [0.717, 1.165) is 0 Å². The van der Waals surface area contributed by atoms with Gasteiger partial charge in [-0.1, -0.05) is 0 Å². The van der Waals surface area contributed by atoms with Crippen LogP contribution in [0.5, 0.6) is 0 Å². The topological polar surface area (TPSA) is 251 Å². The highest BCUT2D eigenvalue weighted by atomic mass is 16.6. The Morgan fingerprint density at radius 1 is 1.00 bits per heavy atom. The number of anilines is 1. The Labute approximate surface area is 190 Å². The van der Waals surface area contributed by atoms with E-state index in [9.17, 15) is 10.2 Å². The van der Waals surface area contributed by atoms with E-state index in [2.05, 4.69) is 29.8 Å². The van der Waals surface area contributed by atoms with Crippen LogP contribution in [-0.4, -0.2) is 97.6 Å². The molecule has 0 aliphatic carbocycles. The summed E-state index contributed by atoms with van der Waals surface area (Å²) in [4.78, 5) is 22.4. The van der Waals surface area contributed by atoms with Crippen molar-refractivity contribution < 1.29 is 14.9 Å². The molecule has 3 rings (SSSR count). The average molecular weight is 465 g/mol. The van der Waals surface area contributed by atoms with Gasteiger partial charge in [-0.15, -0.1) is 0 Å². The number of nitrogen functional groups attached to an aromatic ring is 1. The molecule has 33 heavy (non-hydrogen) atoms. The molecule has 1 aliphatic rings. The van der Waals surface area contributed by atoms with E-state index in [0.29, 0.717) is 56.7 Å². The van der Waals surface area contributed by atoms with Gasteiger partial charge >= 0.3 is 0 Å². The minimum Gasteiger partial charge on any atom is -0.387 e. The molecule has 1 saturated heterocycles. The number of rotatable bonds is 11. The zero-order valence-corrected chi connectivity index (χ0v) is 18.2. The van der Waals surface area contributed by atoms with Crippen LogP contribution < -0.4 is 28.7 Å². The molecule has 4 atom stereocenters. The van der Waals surface area contributed by atoms with Crippen LogP contribution in [0.1, 0.15) is 19.1 Å². The first-order valence-electron chi connectivity index (χ1n) is 10.6. The number of aliphatic hydroxyl groups excluding tert-OH is 2. The average Bonchev–Trinajstić information content (AvgIpc) is 3.31. The summed E-state index contributed by atoms with van der Waals surface area (Å²) in [5.74, 6) is 0.287. The van der Waals surface area contributed by atoms with Gasteiger partial charge in [0.05, 0.1) is 6.33 Å².